The van der Waals surface area contributed by atoms with Gasteiger partial charge in [0.1, 0.15) is 6.17 Å². The Bertz CT molecular complexity index is 755. The molecule has 2 heteroatoms. The Morgan fingerprint density at radius 1 is 1.03 bits per heavy atom. The summed E-state index contributed by atoms with van der Waals surface area (Å²) in [5.74, 6) is 1.43. The van der Waals surface area contributed by atoms with Gasteiger partial charge in [-0.2, -0.15) is 0 Å². The maximum atomic E-state index is 14.2. The zero-order valence-corrected chi connectivity index (χ0v) is 23.0. The summed E-state index contributed by atoms with van der Waals surface area (Å²) in [4.78, 5) is 0. The summed E-state index contributed by atoms with van der Waals surface area (Å²) in [7, 11) is 0. The van der Waals surface area contributed by atoms with Crippen molar-refractivity contribution in [2.24, 2.45) is 22.7 Å². The van der Waals surface area contributed by atoms with Crippen LogP contribution in [0, 0.1) is 22.7 Å². The second-order valence-electron chi connectivity index (χ2n) is 12.8. The van der Waals surface area contributed by atoms with Gasteiger partial charge in [0.2, 0.25) is 0 Å². The molecule has 0 radical (unpaired) electrons. The molecule has 194 valence electrons. The second kappa shape index (κ2) is 11.4. The lowest BCUT2D eigenvalue weighted by atomic mass is 9.54. The third-order valence-corrected chi connectivity index (χ3v) is 10.1. The van der Waals surface area contributed by atoms with Crippen molar-refractivity contribution in [3.8, 4) is 0 Å². The normalized spacial score (nSPS) is 34.4. The number of fused-ring (bicyclic) bond motifs is 1. The van der Waals surface area contributed by atoms with Crippen molar-refractivity contribution in [2.75, 3.05) is 0 Å². The van der Waals surface area contributed by atoms with E-state index < -0.39 is 11.8 Å². The number of hydrogen-bond acceptors (Lipinski definition) is 1. The highest BCUT2D eigenvalue weighted by Gasteiger charge is 2.55. The number of allylic oxidation sites excluding steroid dienone is 5. The Kier molecular flexibility index (Phi) is 9.32. The number of halogens is 1. The van der Waals surface area contributed by atoms with Crippen LogP contribution in [0.1, 0.15) is 131 Å². The summed E-state index contributed by atoms with van der Waals surface area (Å²) in [6.07, 6.45) is 21.2. The first-order chi connectivity index (χ1) is 16.1. The molecule has 1 nitrogen and oxygen atoms in total. The molecule has 0 bridgehead atoms. The van der Waals surface area contributed by atoms with Crippen LogP contribution in [-0.4, -0.2) is 16.9 Å². The van der Waals surface area contributed by atoms with E-state index in [9.17, 15) is 9.50 Å². The molecule has 0 aromatic rings. The minimum Gasteiger partial charge on any atom is -0.390 e. The molecule has 34 heavy (non-hydrogen) atoms. The van der Waals surface area contributed by atoms with E-state index in [0.29, 0.717) is 23.2 Å². The molecule has 3 aliphatic rings. The molecule has 3 aliphatic carbocycles. The van der Waals surface area contributed by atoms with Crippen LogP contribution in [0.3, 0.4) is 0 Å². The van der Waals surface area contributed by atoms with Gasteiger partial charge in [-0.25, -0.2) is 4.39 Å². The number of alkyl halides is 1. The largest absolute Gasteiger partial charge is 0.390 e. The van der Waals surface area contributed by atoms with Gasteiger partial charge in [0.15, 0.2) is 0 Å². The summed E-state index contributed by atoms with van der Waals surface area (Å²) in [5, 5.41) is 10.4. The molecule has 0 heterocycles. The minimum absolute atomic E-state index is 0.368. The zero-order valence-electron chi connectivity index (χ0n) is 23.0. The molecule has 2 unspecified atom stereocenters. The summed E-state index contributed by atoms with van der Waals surface area (Å²) in [6.45, 7) is 15.3. The molecule has 3 rings (SSSR count). The van der Waals surface area contributed by atoms with Gasteiger partial charge in [-0.15, -0.1) is 0 Å². The van der Waals surface area contributed by atoms with Crippen LogP contribution in [0.15, 0.2) is 35.5 Å². The van der Waals surface area contributed by atoms with Gasteiger partial charge in [-0.1, -0.05) is 70.8 Å². The molecule has 0 aromatic carbocycles. The predicted molar refractivity (Wildman–Crippen MR) is 145 cm³/mol. The van der Waals surface area contributed by atoms with Gasteiger partial charge in [0.05, 0.1) is 5.60 Å². The minimum atomic E-state index is -0.849. The van der Waals surface area contributed by atoms with E-state index in [1.807, 2.05) is 13.8 Å². The Balaban J connectivity index is 1.84. The summed E-state index contributed by atoms with van der Waals surface area (Å²) in [5.41, 5.74) is 3.68. The van der Waals surface area contributed by atoms with Crippen molar-refractivity contribution in [1.29, 1.82) is 0 Å². The number of aliphatic hydroxyl groups is 1. The summed E-state index contributed by atoms with van der Waals surface area (Å²) >= 11 is 0. The number of rotatable bonds is 10. The topological polar surface area (TPSA) is 20.2 Å². The van der Waals surface area contributed by atoms with Crippen molar-refractivity contribution in [3.63, 3.8) is 0 Å². The molecular formula is C32H53FO. The number of hydrogen-bond donors (Lipinski definition) is 1. The lowest BCUT2D eigenvalue weighted by Crippen LogP contribution is -2.42. The van der Waals surface area contributed by atoms with E-state index in [1.165, 1.54) is 64.2 Å². The molecule has 5 atom stereocenters. The highest BCUT2D eigenvalue weighted by molar-refractivity contribution is 5.38. The molecule has 0 amide bonds. The van der Waals surface area contributed by atoms with Gasteiger partial charge >= 0.3 is 0 Å². The first-order valence-electron chi connectivity index (χ1n) is 14.5. The first kappa shape index (κ1) is 27.7. The lowest BCUT2D eigenvalue weighted by molar-refractivity contribution is -0.00249. The van der Waals surface area contributed by atoms with Gasteiger partial charge in [-0.05, 0) is 118 Å². The summed E-state index contributed by atoms with van der Waals surface area (Å²) < 4.78 is 14.2. The van der Waals surface area contributed by atoms with Gasteiger partial charge in [0, 0.05) is 0 Å². The zero-order chi connectivity index (χ0) is 25.0. The monoisotopic (exact) mass is 472 g/mol. The van der Waals surface area contributed by atoms with Crippen LogP contribution in [0.5, 0.6) is 0 Å². The predicted octanol–water partition coefficient (Wildman–Crippen LogP) is 9.66. The SMILES string of the molecule is C=C1/C(=C\C=C2/CCC[C@@]3(C)C2CC[C@@H]3C(CC)(CCCC)CCCC(C)(C)O)CCC[C@@H]1F. The van der Waals surface area contributed by atoms with Gasteiger partial charge < -0.3 is 5.11 Å². The van der Waals surface area contributed by atoms with Gasteiger partial charge in [-0.3, -0.25) is 0 Å². The van der Waals surface area contributed by atoms with E-state index in [0.717, 1.165) is 42.7 Å². The first-order valence-corrected chi connectivity index (χ1v) is 14.5. The maximum Gasteiger partial charge on any atom is 0.125 e. The van der Waals surface area contributed by atoms with Crippen molar-refractivity contribution in [2.45, 2.75) is 143 Å². The van der Waals surface area contributed by atoms with E-state index in [4.69, 9.17) is 0 Å². The van der Waals surface area contributed by atoms with E-state index >= 15 is 0 Å². The van der Waals surface area contributed by atoms with Crippen molar-refractivity contribution < 1.29 is 9.50 Å². The molecule has 3 saturated carbocycles. The standard InChI is InChI=1S/C32H53FO/c1-7-9-22-32(8-2,23-12-20-30(4,5)34)29-19-18-27-26(14-11-21-31(27,29)6)17-16-25-13-10-15-28(33)24(25)3/h16-17,27-29,34H,3,7-15,18-23H2,1-2,4-6H3/b25-16-,26-17+/t27?,28-,29-,31-,32?/m0/s1. The Morgan fingerprint density at radius 3 is 2.44 bits per heavy atom. The maximum absolute atomic E-state index is 14.2. The fourth-order valence-corrected chi connectivity index (χ4v) is 8.13. The smallest absolute Gasteiger partial charge is 0.125 e. The quantitative estimate of drug-likeness (QED) is 0.335. The highest BCUT2D eigenvalue weighted by Crippen LogP contribution is 2.64. The van der Waals surface area contributed by atoms with Crippen LogP contribution in [0.2, 0.25) is 0 Å². The molecule has 1 N–H and O–H groups in total. The Morgan fingerprint density at radius 2 is 1.76 bits per heavy atom. The molecule has 0 saturated heterocycles. The van der Waals surface area contributed by atoms with E-state index in [2.05, 4.69) is 39.5 Å². The third-order valence-electron chi connectivity index (χ3n) is 10.1. The molecule has 3 fully saturated rings. The van der Waals surface area contributed by atoms with Crippen LogP contribution in [0.4, 0.5) is 4.39 Å². The van der Waals surface area contributed by atoms with Crippen LogP contribution < -0.4 is 0 Å². The van der Waals surface area contributed by atoms with Gasteiger partial charge in [0.25, 0.3) is 0 Å². The van der Waals surface area contributed by atoms with Crippen molar-refractivity contribution in [3.05, 3.63) is 35.5 Å². The molecular weight excluding hydrogens is 419 g/mol. The molecule has 0 aliphatic heterocycles. The number of unbranched alkanes of at least 4 members (excludes halogenated alkanes) is 1. The fraction of sp³-hybridized carbons (Fsp3) is 0.812. The van der Waals surface area contributed by atoms with Crippen molar-refractivity contribution in [1.82, 2.24) is 0 Å². The summed E-state index contributed by atoms with van der Waals surface area (Å²) in [6, 6.07) is 0. The Labute approximate surface area is 210 Å². The van der Waals surface area contributed by atoms with Crippen molar-refractivity contribution >= 4 is 0 Å². The molecule has 0 aromatic heterocycles. The lowest BCUT2D eigenvalue weighted by Gasteiger charge is -2.51. The Hall–Kier alpha value is -0.890. The fourth-order valence-electron chi connectivity index (χ4n) is 8.13. The van der Waals surface area contributed by atoms with Crippen LogP contribution in [-0.2, 0) is 0 Å². The second-order valence-corrected chi connectivity index (χ2v) is 12.8. The van der Waals surface area contributed by atoms with E-state index in [-0.39, 0.29) is 0 Å². The average molecular weight is 473 g/mol. The molecule has 0 spiro atoms. The van der Waals surface area contributed by atoms with Crippen LogP contribution >= 0.6 is 0 Å². The third kappa shape index (κ3) is 6.08. The van der Waals surface area contributed by atoms with Crippen LogP contribution in [0.25, 0.3) is 0 Å². The highest BCUT2D eigenvalue weighted by atomic mass is 19.1. The van der Waals surface area contributed by atoms with E-state index in [1.54, 1.807) is 5.57 Å². The average Bonchev–Trinajstić information content (AvgIpc) is 3.14.